The molecule has 0 unspecified atom stereocenters. The van der Waals surface area contributed by atoms with E-state index >= 15 is 0 Å². The maximum absolute atomic E-state index is 11.2. The summed E-state index contributed by atoms with van der Waals surface area (Å²) in [5.41, 5.74) is 13.0. The molecule has 0 spiro atoms. The Labute approximate surface area is 504 Å². The van der Waals surface area contributed by atoms with Gasteiger partial charge in [0, 0.05) is 131 Å². The van der Waals surface area contributed by atoms with Crippen molar-refractivity contribution in [1.29, 1.82) is 0 Å². The van der Waals surface area contributed by atoms with Crippen LogP contribution >= 0.6 is 22.7 Å². The van der Waals surface area contributed by atoms with Crippen LogP contribution < -0.4 is 9.13 Å². The van der Waals surface area contributed by atoms with Gasteiger partial charge in [-0.2, -0.15) is 9.13 Å². The molecule has 0 aliphatic rings. The molecule has 0 aliphatic heterocycles. The van der Waals surface area contributed by atoms with E-state index < -0.39 is 20.2 Å². The summed E-state index contributed by atoms with van der Waals surface area (Å²) in [6.07, 6.45) is 15.9. The first-order chi connectivity index (χ1) is 41.2. The molecule has 0 saturated heterocycles. The van der Waals surface area contributed by atoms with Crippen molar-refractivity contribution in [3.8, 4) is 22.5 Å². The zero-order valence-electron chi connectivity index (χ0n) is 47.3. The standard InChI is InChI=1S/2C25H21N4O2S.2C7H8O3S/c2*1-3-28-22-12-10-18(29(30)31)15-23(22)32-24(28)13-11-20-19-8-4-5-9-21(19)27(2)25(20)17-7-6-14-26-16-17;2*1-6-2-4-7(5-3-6)11(8,9)10/h2*4-16H,3H2,1-2H3;2*2-5H,1H3,(H,8,9,10)/q2*+1;;/p-2. The second kappa shape index (κ2) is 26.2. The van der Waals surface area contributed by atoms with E-state index in [0.717, 1.165) is 99.3 Å². The fraction of sp³-hybridized carbons (Fsp3) is 0.125. The van der Waals surface area contributed by atoms with Crippen LogP contribution in [0.5, 0.6) is 0 Å². The Kier molecular flexibility index (Phi) is 18.7. The Morgan fingerprint density at radius 3 is 1.21 bits per heavy atom. The number of hydrogen-bond donors (Lipinski definition) is 0. The number of para-hydroxylation sites is 2. The third-order valence-corrected chi connectivity index (χ3v) is 18.0. The largest absolute Gasteiger partial charge is 0.744 e. The van der Waals surface area contributed by atoms with Gasteiger partial charge in [-0.3, -0.25) is 30.2 Å². The SMILES string of the molecule is CC[n+]1c(C=Cc2c(-c3cccnc3)n(C)c3ccccc23)sc2cc([N+](=O)[O-])ccc21.CC[n+]1c(C=Cc2c(-c3cccnc3)n(C)c3ccccc23)sc2cc([N+](=O)[O-])ccc21.Cc1ccc(S(=O)(=O)[O-])cc1.Cc1ccc(S(=O)(=O)[O-])cc1. The van der Waals surface area contributed by atoms with E-state index in [9.17, 15) is 46.2 Å². The van der Waals surface area contributed by atoms with E-state index in [-0.39, 0.29) is 31.0 Å². The highest BCUT2D eigenvalue weighted by molar-refractivity contribution is 7.86. The number of thiazole rings is 2. The number of rotatable bonds is 12. The van der Waals surface area contributed by atoms with Gasteiger partial charge in [0.05, 0.1) is 31.0 Å². The van der Waals surface area contributed by atoms with Gasteiger partial charge in [-0.15, -0.1) is 0 Å². The Morgan fingerprint density at radius 2 is 0.884 bits per heavy atom. The van der Waals surface area contributed by atoms with Gasteiger partial charge in [-0.05, 0) is 101 Å². The summed E-state index contributed by atoms with van der Waals surface area (Å²) in [4.78, 5) is 30.0. The molecule has 6 aromatic heterocycles. The van der Waals surface area contributed by atoms with E-state index in [1.54, 1.807) is 83.6 Å². The Hall–Kier alpha value is -9.42. The van der Waals surface area contributed by atoms with Gasteiger partial charge in [0.25, 0.3) is 21.4 Å². The number of nitrogens with zero attached hydrogens (tertiary/aromatic N) is 8. The third-order valence-electron chi connectivity index (χ3n) is 14.1. The number of aryl methyl sites for hydroxylation is 6. The van der Waals surface area contributed by atoms with E-state index in [0.29, 0.717) is 0 Å². The molecule has 0 saturated carbocycles. The molecule has 12 rings (SSSR count). The van der Waals surface area contributed by atoms with E-state index in [4.69, 9.17) is 0 Å². The van der Waals surface area contributed by atoms with Gasteiger partial charge < -0.3 is 18.2 Å². The van der Waals surface area contributed by atoms with Gasteiger partial charge in [0.15, 0.2) is 0 Å². The summed E-state index contributed by atoms with van der Waals surface area (Å²) in [6, 6.07) is 46.5. The molecule has 12 aromatic rings. The van der Waals surface area contributed by atoms with Crippen molar-refractivity contribution in [3.05, 3.63) is 235 Å². The second-order valence-electron chi connectivity index (χ2n) is 19.5. The number of pyridine rings is 2. The van der Waals surface area contributed by atoms with E-state index in [1.807, 2.05) is 62.6 Å². The number of fused-ring (bicyclic) bond motifs is 4. The molecule has 0 fully saturated rings. The highest BCUT2D eigenvalue weighted by Crippen LogP contribution is 2.37. The summed E-state index contributed by atoms with van der Waals surface area (Å²) in [5.74, 6) is 0. The van der Waals surface area contributed by atoms with Crippen LogP contribution in [-0.2, 0) is 47.4 Å². The van der Waals surface area contributed by atoms with E-state index in [1.165, 1.54) is 35.0 Å². The number of benzene rings is 6. The van der Waals surface area contributed by atoms with Gasteiger partial charge in [-0.1, -0.05) is 94.5 Å². The minimum atomic E-state index is -4.27. The van der Waals surface area contributed by atoms with E-state index in [2.05, 4.69) is 129 Å². The first-order valence-corrected chi connectivity index (χ1v) is 31.2. The molecule has 22 heteroatoms. The topological polar surface area (TPSA) is 244 Å². The summed E-state index contributed by atoms with van der Waals surface area (Å²) >= 11 is 3.13. The van der Waals surface area contributed by atoms with Crippen molar-refractivity contribution in [2.75, 3.05) is 0 Å². The fourth-order valence-corrected chi connectivity index (χ4v) is 13.2. The molecule has 6 aromatic carbocycles. The number of nitro benzene ring substituents is 2. The van der Waals surface area contributed by atoms with Gasteiger partial charge in [0.2, 0.25) is 11.0 Å². The molecule has 0 amide bonds. The van der Waals surface area contributed by atoms with Crippen LogP contribution in [0.4, 0.5) is 11.4 Å². The zero-order valence-corrected chi connectivity index (χ0v) is 50.6. The van der Waals surface area contributed by atoms with Crippen molar-refractivity contribution < 1.29 is 44.9 Å². The highest BCUT2D eigenvalue weighted by atomic mass is 32.2. The first kappa shape index (κ1) is 61.1. The summed E-state index contributed by atoms with van der Waals surface area (Å²) in [6.45, 7) is 9.38. The minimum Gasteiger partial charge on any atom is -0.744 e. The molecule has 86 heavy (non-hydrogen) atoms. The molecule has 6 heterocycles. The van der Waals surface area contributed by atoms with Crippen molar-refractivity contribution >= 4 is 121 Å². The number of nitro groups is 2. The number of non-ortho nitro benzene ring substituents is 2. The summed E-state index contributed by atoms with van der Waals surface area (Å²) in [5, 5.41) is 26.8. The van der Waals surface area contributed by atoms with Crippen LogP contribution in [0.15, 0.2) is 192 Å². The quantitative estimate of drug-likeness (QED) is 0.0480. The molecule has 0 radical (unpaired) electrons. The molecular weight excluding hydrogens is 1170 g/mol. The lowest BCUT2D eigenvalue weighted by atomic mass is 10.1. The number of hydrogen-bond acceptors (Lipinski definition) is 14. The predicted octanol–water partition coefficient (Wildman–Crippen LogP) is 13.5. The molecular formula is C64H56N8O10S4. The van der Waals surface area contributed by atoms with Crippen LogP contribution in [0, 0.1) is 34.1 Å². The number of aromatic nitrogens is 6. The Bertz CT molecular complexity index is 4470. The molecule has 18 nitrogen and oxygen atoms in total. The molecule has 0 N–H and O–H groups in total. The molecule has 436 valence electrons. The molecule has 0 aliphatic carbocycles. The fourth-order valence-electron chi connectivity index (χ4n) is 9.92. The first-order valence-electron chi connectivity index (χ1n) is 26.7. The van der Waals surface area contributed by atoms with Crippen LogP contribution in [0.25, 0.3) is 89.1 Å². The third kappa shape index (κ3) is 13.6. The lowest BCUT2D eigenvalue weighted by Crippen LogP contribution is -2.33. The van der Waals surface area contributed by atoms with Gasteiger partial charge >= 0.3 is 0 Å². The van der Waals surface area contributed by atoms with Crippen LogP contribution in [-0.4, -0.2) is 54.9 Å². The van der Waals surface area contributed by atoms with Crippen molar-refractivity contribution in [3.63, 3.8) is 0 Å². The lowest BCUT2D eigenvalue weighted by Gasteiger charge is -2.05. The average molecular weight is 1230 g/mol. The van der Waals surface area contributed by atoms with Crippen molar-refractivity contribution in [2.24, 2.45) is 14.1 Å². The van der Waals surface area contributed by atoms with Crippen molar-refractivity contribution in [1.82, 2.24) is 19.1 Å². The summed E-state index contributed by atoms with van der Waals surface area (Å²) < 4.78 is 72.9. The van der Waals surface area contributed by atoms with Gasteiger partial charge in [0.1, 0.15) is 42.7 Å². The molecule has 0 atom stereocenters. The Balaban J connectivity index is 0.000000153. The second-order valence-corrected chi connectivity index (χ2v) is 24.4. The maximum atomic E-state index is 11.2. The Morgan fingerprint density at radius 1 is 0.512 bits per heavy atom. The van der Waals surface area contributed by atoms with Crippen LogP contribution in [0.1, 0.15) is 46.1 Å². The smallest absolute Gasteiger partial charge is 0.271 e. The maximum Gasteiger partial charge on any atom is 0.271 e. The zero-order chi connectivity index (χ0) is 61.5. The lowest BCUT2D eigenvalue weighted by molar-refractivity contribution is -0.665. The normalized spacial score (nSPS) is 11.6. The van der Waals surface area contributed by atoms with Crippen molar-refractivity contribution in [2.45, 2.75) is 50.6 Å². The predicted molar refractivity (Wildman–Crippen MR) is 337 cm³/mol. The van der Waals surface area contributed by atoms with Crippen LogP contribution in [0.3, 0.4) is 0 Å². The monoisotopic (exact) mass is 1220 g/mol. The summed E-state index contributed by atoms with van der Waals surface area (Å²) in [7, 11) is -4.39. The highest BCUT2D eigenvalue weighted by Gasteiger charge is 2.23. The minimum absolute atomic E-state index is 0.116. The van der Waals surface area contributed by atoms with Gasteiger partial charge in [-0.25, -0.2) is 16.8 Å². The average Bonchev–Trinajstić information content (AvgIpc) is 2.01. The van der Waals surface area contributed by atoms with Crippen LogP contribution in [0.2, 0.25) is 0 Å². The molecule has 0 bridgehead atoms.